The van der Waals surface area contributed by atoms with E-state index in [9.17, 15) is 4.79 Å². The van der Waals surface area contributed by atoms with Gasteiger partial charge in [0.05, 0.1) is 12.1 Å². The highest BCUT2D eigenvalue weighted by Gasteiger charge is 2.33. The number of fused-ring (bicyclic) bond motifs is 1. The Morgan fingerprint density at radius 1 is 1.12 bits per heavy atom. The molecule has 25 heavy (non-hydrogen) atoms. The number of amides is 1. The monoisotopic (exact) mass is 339 g/mol. The van der Waals surface area contributed by atoms with Gasteiger partial charge in [0.2, 0.25) is 5.91 Å². The zero-order chi connectivity index (χ0) is 17.2. The topological polar surface area (TPSA) is 63.1 Å². The predicted octanol–water partition coefficient (Wildman–Crippen LogP) is 2.46. The molecule has 0 saturated carbocycles. The Morgan fingerprint density at radius 3 is 2.68 bits per heavy atom. The molecule has 0 bridgehead atoms. The van der Waals surface area contributed by atoms with Crippen LogP contribution in [0.2, 0.25) is 0 Å². The first-order chi connectivity index (χ1) is 12.3. The lowest BCUT2D eigenvalue weighted by Gasteiger charge is -2.35. The van der Waals surface area contributed by atoms with Crippen LogP contribution in [-0.2, 0) is 17.8 Å². The van der Waals surface area contributed by atoms with Gasteiger partial charge in [-0.15, -0.1) is 0 Å². The molecule has 132 valence electrons. The van der Waals surface area contributed by atoms with Crippen LogP contribution in [0.1, 0.15) is 50.3 Å². The highest BCUT2D eigenvalue weighted by atomic mass is 16.2. The summed E-state index contributed by atoms with van der Waals surface area (Å²) in [6.07, 6.45) is 4.82. The molecular weight excluding hydrogens is 314 g/mol. The summed E-state index contributed by atoms with van der Waals surface area (Å²) in [7, 11) is 0. The van der Waals surface area contributed by atoms with Crippen molar-refractivity contribution >= 4 is 11.6 Å². The van der Waals surface area contributed by atoms with Gasteiger partial charge in [0.25, 0.3) is 0 Å². The summed E-state index contributed by atoms with van der Waals surface area (Å²) in [5.74, 6) is 2.06. The largest absolute Gasteiger partial charge is 0.311 e. The third-order valence-corrected chi connectivity index (χ3v) is 5.14. The van der Waals surface area contributed by atoms with E-state index in [4.69, 9.17) is 0 Å². The molecule has 2 aromatic rings. The van der Waals surface area contributed by atoms with E-state index in [1.807, 2.05) is 39.9 Å². The second-order valence-corrected chi connectivity index (χ2v) is 6.84. The molecule has 2 aliphatic heterocycles. The van der Waals surface area contributed by atoms with Gasteiger partial charge < -0.3 is 4.90 Å². The van der Waals surface area contributed by atoms with Crippen molar-refractivity contribution in [2.24, 2.45) is 0 Å². The fourth-order valence-electron chi connectivity index (χ4n) is 3.84. The van der Waals surface area contributed by atoms with Crippen molar-refractivity contribution in [3.8, 4) is 0 Å². The second-order valence-electron chi connectivity index (χ2n) is 6.84. The average molecular weight is 339 g/mol. The molecule has 0 aliphatic carbocycles. The van der Waals surface area contributed by atoms with E-state index in [2.05, 4.69) is 22.3 Å². The molecule has 1 amide bonds. The maximum Gasteiger partial charge on any atom is 0.244 e. The fourth-order valence-corrected chi connectivity index (χ4v) is 3.84. The van der Waals surface area contributed by atoms with Crippen molar-refractivity contribution in [2.45, 2.75) is 57.7 Å². The lowest BCUT2D eigenvalue weighted by Crippen LogP contribution is -2.52. The molecule has 1 N–H and O–H groups in total. The SMILES string of the molecule is CCc1nc2n(n1)CCC[C@H]2N[C@H]1CCCN(c2ccccc2)C1=O. The van der Waals surface area contributed by atoms with Crippen LogP contribution < -0.4 is 10.2 Å². The molecular formula is C19H25N5O. The summed E-state index contributed by atoms with van der Waals surface area (Å²) in [5, 5.41) is 8.15. The number of aromatic nitrogens is 3. The van der Waals surface area contributed by atoms with Crippen molar-refractivity contribution < 1.29 is 4.79 Å². The van der Waals surface area contributed by atoms with Gasteiger partial charge in [-0.05, 0) is 37.8 Å². The molecule has 6 heteroatoms. The lowest BCUT2D eigenvalue weighted by molar-refractivity contribution is -0.122. The molecule has 0 unspecified atom stereocenters. The normalized spacial score (nSPS) is 23.6. The third-order valence-electron chi connectivity index (χ3n) is 5.14. The van der Waals surface area contributed by atoms with Gasteiger partial charge in [0.15, 0.2) is 5.82 Å². The van der Waals surface area contributed by atoms with Crippen LogP contribution in [0.25, 0.3) is 0 Å². The first-order valence-corrected chi connectivity index (χ1v) is 9.32. The lowest BCUT2D eigenvalue weighted by atomic mass is 10.00. The number of para-hydroxylation sites is 1. The Hall–Kier alpha value is -2.21. The van der Waals surface area contributed by atoms with Crippen LogP contribution in [0.15, 0.2) is 30.3 Å². The standard InChI is InChI=1S/C19H25N5O/c1-2-17-21-18-15(10-7-13-24(18)22-17)20-16-11-6-12-23(19(16)25)14-8-4-3-5-9-14/h3-5,8-9,15-16,20H,2,6-7,10-13H2,1H3/t15-,16+/m1/s1. The fraction of sp³-hybridized carbons (Fsp3) is 0.526. The number of hydrogen-bond donors (Lipinski definition) is 1. The van der Waals surface area contributed by atoms with Crippen LogP contribution in [0, 0.1) is 0 Å². The third kappa shape index (κ3) is 3.18. The van der Waals surface area contributed by atoms with Gasteiger partial charge in [0, 0.05) is 25.2 Å². The average Bonchev–Trinajstić information content (AvgIpc) is 3.08. The van der Waals surface area contributed by atoms with Crippen LogP contribution in [0.3, 0.4) is 0 Å². The molecule has 1 saturated heterocycles. The summed E-state index contributed by atoms with van der Waals surface area (Å²) in [4.78, 5) is 19.6. The molecule has 1 fully saturated rings. The number of aryl methyl sites for hydroxylation is 2. The van der Waals surface area contributed by atoms with Crippen molar-refractivity contribution in [2.75, 3.05) is 11.4 Å². The highest BCUT2D eigenvalue weighted by Crippen LogP contribution is 2.27. The Balaban J connectivity index is 1.51. The maximum atomic E-state index is 13.0. The van der Waals surface area contributed by atoms with Crippen LogP contribution >= 0.6 is 0 Å². The summed E-state index contributed by atoms with van der Waals surface area (Å²) >= 11 is 0. The number of nitrogens with zero attached hydrogens (tertiary/aromatic N) is 4. The van der Waals surface area contributed by atoms with Gasteiger partial charge in [-0.25, -0.2) is 9.67 Å². The Kier molecular flexibility index (Phi) is 4.53. The smallest absolute Gasteiger partial charge is 0.244 e. The Labute approximate surface area is 148 Å². The van der Waals surface area contributed by atoms with E-state index >= 15 is 0 Å². The molecule has 2 aliphatic rings. The van der Waals surface area contributed by atoms with Gasteiger partial charge in [-0.3, -0.25) is 10.1 Å². The van der Waals surface area contributed by atoms with E-state index in [1.54, 1.807) is 0 Å². The number of hydrogen-bond acceptors (Lipinski definition) is 4. The molecule has 0 spiro atoms. The predicted molar refractivity (Wildman–Crippen MR) is 96.3 cm³/mol. The van der Waals surface area contributed by atoms with Crippen molar-refractivity contribution in [1.29, 1.82) is 0 Å². The van der Waals surface area contributed by atoms with Crippen LogP contribution in [-0.4, -0.2) is 33.3 Å². The summed E-state index contributed by atoms with van der Waals surface area (Å²) < 4.78 is 2.02. The quantitative estimate of drug-likeness (QED) is 0.929. The summed E-state index contributed by atoms with van der Waals surface area (Å²) in [6.45, 7) is 3.79. The van der Waals surface area contributed by atoms with Crippen molar-refractivity contribution in [1.82, 2.24) is 20.1 Å². The number of piperidine rings is 1. The Morgan fingerprint density at radius 2 is 1.88 bits per heavy atom. The summed E-state index contributed by atoms with van der Waals surface area (Å²) in [5.41, 5.74) is 0.985. The van der Waals surface area contributed by atoms with Crippen LogP contribution in [0.4, 0.5) is 5.69 Å². The van der Waals surface area contributed by atoms with Gasteiger partial charge >= 0.3 is 0 Å². The molecule has 1 aromatic carbocycles. The second kappa shape index (κ2) is 6.96. The first kappa shape index (κ1) is 16.3. The molecule has 3 heterocycles. The molecule has 2 atom stereocenters. The minimum Gasteiger partial charge on any atom is -0.311 e. The zero-order valence-corrected chi connectivity index (χ0v) is 14.7. The van der Waals surface area contributed by atoms with Crippen LogP contribution in [0.5, 0.6) is 0 Å². The van der Waals surface area contributed by atoms with Gasteiger partial charge in [0.1, 0.15) is 5.82 Å². The zero-order valence-electron chi connectivity index (χ0n) is 14.7. The molecule has 4 rings (SSSR count). The number of anilines is 1. The maximum absolute atomic E-state index is 13.0. The van der Waals surface area contributed by atoms with Crippen molar-refractivity contribution in [3.63, 3.8) is 0 Å². The van der Waals surface area contributed by atoms with Crippen molar-refractivity contribution in [3.05, 3.63) is 42.0 Å². The number of nitrogens with one attached hydrogen (secondary N) is 1. The van der Waals surface area contributed by atoms with E-state index in [1.165, 1.54) is 0 Å². The van der Waals surface area contributed by atoms with E-state index in [0.717, 1.165) is 62.5 Å². The molecule has 1 aromatic heterocycles. The molecule has 0 radical (unpaired) electrons. The minimum atomic E-state index is -0.146. The Bertz CT molecular complexity index is 742. The number of carbonyl (C=O) groups excluding carboxylic acids is 1. The summed E-state index contributed by atoms with van der Waals surface area (Å²) in [6, 6.07) is 9.92. The minimum absolute atomic E-state index is 0.117. The first-order valence-electron chi connectivity index (χ1n) is 9.32. The van der Waals surface area contributed by atoms with E-state index < -0.39 is 0 Å². The van der Waals surface area contributed by atoms with E-state index in [0.29, 0.717) is 0 Å². The van der Waals surface area contributed by atoms with E-state index in [-0.39, 0.29) is 18.0 Å². The highest BCUT2D eigenvalue weighted by molar-refractivity contribution is 5.97. The molecule has 6 nitrogen and oxygen atoms in total. The van der Waals surface area contributed by atoms with Gasteiger partial charge in [-0.2, -0.15) is 5.10 Å². The van der Waals surface area contributed by atoms with Gasteiger partial charge in [-0.1, -0.05) is 25.1 Å². The number of carbonyl (C=O) groups is 1. The number of rotatable bonds is 4. The number of benzene rings is 1.